The van der Waals surface area contributed by atoms with Crippen molar-refractivity contribution in [2.45, 2.75) is 6.92 Å². The molecule has 0 aliphatic heterocycles. The average Bonchev–Trinajstić information content (AvgIpc) is 2.82. The third-order valence-electron chi connectivity index (χ3n) is 3.01. The molecule has 0 saturated heterocycles. The van der Waals surface area contributed by atoms with Crippen LogP contribution in [0.25, 0.3) is 16.9 Å². The van der Waals surface area contributed by atoms with E-state index in [1.807, 2.05) is 61.5 Å². The molecule has 3 aromatic rings. The first-order valence-corrected chi connectivity index (χ1v) is 6.15. The van der Waals surface area contributed by atoms with E-state index < -0.39 is 0 Å². The van der Waals surface area contributed by atoms with Crippen molar-refractivity contribution in [2.24, 2.45) is 0 Å². The van der Waals surface area contributed by atoms with Crippen LogP contribution in [-0.2, 0) is 0 Å². The maximum absolute atomic E-state index is 10.0. The summed E-state index contributed by atoms with van der Waals surface area (Å²) in [5.41, 5.74) is 3.75. The Kier molecular flexibility index (Phi) is 2.80. The highest BCUT2D eigenvalue weighted by atomic mass is 16.3. The number of hydrogen-bond acceptors (Lipinski definition) is 2. The summed E-state index contributed by atoms with van der Waals surface area (Å²) in [5, 5.41) is 14.5. The largest absolute Gasteiger partial charge is 0.493 e. The Balaban J connectivity index is 2.08. The van der Waals surface area contributed by atoms with Crippen LogP contribution in [0.2, 0.25) is 0 Å². The van der Waals surface area contributed by atoms with Crippen molar-refractivity contribution in [3.63, 3.8) is 0 Å². The maximum Gasteiger partial charge on any atom is 0.214 e. The van der Waals surface area contributed by atoms with E-state index >= 15 is 0 Å². The van der Waals surface area contributed by atoms with Gasteiger partial charge in [0, 0.05) is 11.6 Å². The number of hydrogen-bond donors (Lipinski definition) is 1. The molecular formula is C16H14N2O. The predicted octanol–water partition coefficient (Wildman–Crippen LogP) is 3.55. The maximum atomic E-state index is 10.0. The summed E-state index contributed by atoms with van der Waals surface area (Å²) in [6.07, 6.45) is 0. The fraction of sp³-hybridized carbons (Fsp3) is 0.0625. The van der Waals surface area contributed by atoms with Gasteiger partial charge in [0.1, 0.15) is 0 Å². The molecule has 3 nitrogen and oxygen atoms in total. The van der Waals surface area contributed by atoms with Crippen LogP contribution in [0, 0.1) is 6.92 Å². The molecule has 0 aliphatic carbocycles. The second kappa shape index (κ2) is 4.61. The minimum atomic E-state index is 0.143. The van der Waals surface area contributed by atoms with Crippen molar-refractivity contribution in [2.75, 3.05) is 0 Å². The van der Waals surface area contributed by atoms with Crippen LogP contribution in [-0.4, -0.2) is 14.9 Å². The summed E-state index contributed by atoms with van der Waals surface area (Å²) >= 11 is 0. The molecule has 0 bridgehead atoms. The molecule has 0 spiro atoms. The minimum absolute atomic E-state index is 0.143. The van der Waals surface area contributed by atoms with Crippen LogP contribution in [0.15, 0.2) is 60.7 Å². The molecule has 1 N–H and O–H groups in total. The van der Waals surface area contributed by atoms with Gasteiger partial charge in [0.05, 0.1) is 11.4 Å². The third-order valence-corrected chi connectivity index (χ3v) is 3.01. The van der Waals surface area contributed by atoms with Gasteiger partial charge in [-0.15, -0.1) is 0 Å². The lowest BCUT2D eigenvalue weighted by Crippen LogP contribution is -1.96. The normalized spacial score (nSPS) is 10.6. The number of aromatic nitrogens is 2. The Hall–Kier alpha value is -2.55. The Morgan fingerprint density at radius 1 is 0.947 bits per heavy atom. The first kappa shape index (κ1) is 11.5. The lowest BCUT2D eigenvalue weighted by Gasteiger charge is -2.03. The highest BCUT2D eigenvalue weighted by molar-refractivity contribution is 5.60. The number of aromatic hydroxyl groups is 1. The van der Waals surface area contributed by atoms with E-state index in [9.17, 15) is 5.11 Å². The quantitative estimate of drug-likeness (QED) is 0.755. The molecule has 0 radical (unpaired) electrons. The van der Waals surface area contributed by atoms with Gasteiger partial charge in [-0.1, -0.05) is 42.5 Å². The van der Waals surface area contributed by atoms with E-state index in [4.69, 9.17) is 0 Å². The highest BCUT2D eigenvalue weighted by Crippen LogP contribution is 2.25. The molecule has 3 heteroatoms. The van der Waals surface area contributed by atoms with Crippen LogP contribution in [0.1, 0.15) is 5.56 Å². The van der Waals surface area contributed by atoms with Gasteiger partial charge in [-0.05, 0) is 24.6 Å². The summed E-state index contributed by atoms with van der Waals surface area (Å²) in [4.78, 5) is 0. The van der Waals surface area contributed by atoms with Gasteiger partial charge in [-0.25, -0.2) is 4.68 Å². The second-order valence-electron chi connectivity index (χ2n) is 4.50. The fourth-order valence-electron chi connectivity index (χ4n) is 2.07. The average molecular weight is 250 g/mol. The smallest absolute Gasteiger partial charge is 0.214 e. The third kappa shape index (κ3) is 2.22. The number of aryl methyl sites for hydroxylation is 1. The summed E-state index contributed by atoms with van der Waals surface area (Å²) in [7, 11) is 0. The molecule has 94 valence electrons. The first-order chi connectivity index (χ1) is 9.24. The zero-order chi connectivity index (χ0) is 13.2. The SMILES string of the molecule is Cc1cccc(-n2nc(-c3ccccc3)cc2O)c1. The van der Waals surface area contributed by atoms with Gasteiger partial charge in [-0.2, -0.15) is 5.10 Å². The van der Waals surface area contributed by atoms with Gasteiger partial charge >= 0.3 is 0 Å². The van der Waals surface area contributed by atoms with Crippen LogP contribution in [0.4, 0.5) is 0 Å². The highest BCUT2D eigenvalue weighted by Gasteiger charge is 2.09. The standard InChI is InChI=1S/C16H14N2O/c1-12-6-5-9-14(10-12)18-16(19)11-15(17-18)13-7-3-2-4-8-13/h2-11,19H,1H3. The van der Waals surface area contributed by atoms with Gasteiger partial charge in [0.2, 0.25) is 5.88 Å². The molecule has 1 heterocycles. The molecule has 19 heavy (non-hydrogen) atoms. The number of nitrogens with zero attached hydrogens (tertiary/aromatic N) is 2. The van der Waals surface area contributed by atoms with Crippen molar-refractivity contribution in [3.8, 4) is 22.8 Å². The summed E-state index contributed by atoms with van der Waals surface area (Å²) < 4.78 is 1.55. The van der Waals surface area contributed by atoms with Gasteiger partial charge in [0.15, 0.2) is 0 Å². The van der Waals surface area contributed by atoms with Crippen molar-refractivity contribution >= 4 is 0 Å². The van der Waals surface area contributed by atoms with Crippen LogP contribution in [0.3, 0.4) is 0 Å². The zero-order valence-electron chi connectivity index (χ0n) is 10.6. The molecule has 0 fully saturated rings. The van der Waals surface area contributed by atoms with Crippen molar-refractivity contribution in [1.29, 1.82) is 0 Å². The molecule has 2 aromatic carbocycles. The molecular weight excluding hydrogens is 236 g/mol. The number of rotatable bonds is 2. The Labute approximate surface area is 111 Å². The molecule has 1 aromatic heterocycles. The van der Waals surface area contributed by atoms with Gasteiger partial charge in [-0.3, -0.25) is 0 Å². The molecule has 0 aliphatic rings. The zero-order valence-corrected chi connectivity index (χ0v) is 10.6. The molecule has 0 amide bonds. The van der Waals surface area contributed by atoms with E-state index in [0.29, 0.717) is 0 Å². The fourth-order valence-corrected chi connectivity index (χ4v) is 2.07. The van der Waals surface area contributed by atoms with Crippen molar-refractivity contribution < 1.29 is 5.11 Å². The van der Waals surface area contributed by atoms with Crippen molar-refractivity contribution in [3.05, 3.63) is 66.2 Å². The molecule has 3 rings (SSSR count). The lowest BCUT2D eigenvalue weighted by molar-refractivity contribution is 0.433. The minimum Gasteiger partial charge on any atom is -0.493 e. The van der Waals surface area contributed by atoms with Crippen molar-refractivity contribution in [1.82, 2.24) is 9.78 Å². The second-order valence-corrected chi connectivity index (χ2v) is 4.50. The van der Waals surface area contributed by atoms with Gasteiger partial charge < -0.3 is 5.11 Å². The summed E-state index contributed by atoms with van der Waals surface area (Å²) in [5.74, 6) is 0.143. The molecule has 0 atom stereocenters. The van der Waals surface area contributed by atoms with E-state index in [0.717, 1.165) is 22.5 Å². The van der Waals surface area contributed by atoms with E-state index in [2.05, 4.69) is 5.10 Å². The Morgan fingerprint density at radius 2 is 1.74 bits per heavy atom. The lowest BCUT2D eigenvalue weighted by atomic mass is 10.2. The monoisotopic (exact) mass is 250 g/mol. The molecule has 0 saturated carbocycles. The van der Waals surface area contributed by atoms with Gasteiger partial charge in [0.25, 0.3) is 0 Å². The van der Waals surface area contributed by atoms with Crippen LogP contribution >= 0.6 is 0 Å². The topological polar surface area (TPSA) is 38.0 Å². The predicted molar refractivity (Wildman–Crippen MR) is 75.4 cm³/mol. The summed E-state index contributed by atoms with van der Waals surface area (Å²) in [6, 6.07) is 19.4. The Morgan fingerprint density at radius 3 is 2.47 bits per heavy atom. The van der Waals surface area contributed by atoms with E-state index in [1.165, 1.54) is 0 Å². The first-order valence-electron chi connectivity index (χ1n) is 6.15. The van der Waals surface area contributed by atoms with E-state index in [1.54, 1.807) is 10.7 Å². The van der Waals surface area contributed by atoms with Crippen LogP contribution in [0.5, 0.6) is 5.88 Å². The number of benzene rings is 2. The summed E-state index contributed by atoms with van der Waals surface area (Å²) in [6.45, 7) is 2.02. The van der Waals surface area contributed by atoms with E-state index in [-0.39, 0.29) is 5.88 Å². The molecule has 0 unspecified atom stereocenters. The Bertz CT molecular complexity index is 702. The van der Waals surface area contributed by atoms with Crippen LogP contribution < -0.4 is 0 Å².